The van der Waals surface area contributed by atoms with Crippen LogP contribution in [0.4, 0.5) is 0 Å². The fourth-order valence-corrected chi connectivity index (χ4v) is 2.26. The Hall–Kier alpha value is -0.160. The summed E-state index contributed by atoms with van der Waals surface area (Å²) in [5, 5.41) is 9.02. The van der Waals surface area contributed by atoms with Crippen molar-refractivity contribution in [2.75, 3.05) is 39.5 Å². The fourth-order valence-electron chi connectivity index (χ4n) is 2.26. The van der Waals surface area contributed by atoms with E-state index in [0.29, 0.717) is 12.5 Å². The normalized spacial score (nSPS) is 29.8. The van der Waals surface area contributed by atoms with E-state index in [0.717, 1.165) is 52.1 Å². The number of nitrogens with zero attached hydrogens (tertiary/aromatic N) is 1. The number of aliphatic hydroxyl groups excluding tert-OH is 1. The maximum Gasteiger partial charge on any atom is 0.158 e. The summed E-state index contributed by atoms with van der Waals surface area (Å²) in [4.78, 5) is 2.39. The van der Waals surface area contributed by atoms with Crippen LogP contribution in [0.25, 0.3) is 0 Å². The Kier molecular flexibility index (Phi) is 4.38. The molecule has 2 rings (SSSR count). The van der Waals surface area contributed by atoms with Crippen LogP contribution in [0.3, 0.4) is 0 Å². The van der Waals surface area contributed by atoms with Gasteiger partial charge in [0.1, 0.15) is 0 Å². The lowest BCUT2D eigenvalue weighted by molar-refractivity contribution is -0.182. The van der Waals surface area contributed by atoms with Crippen LogP contribution < -0.4 is 0 Å². The molecule has 2 heterocycles. The molecule has 0 aliphatic carbocycles. The first-order valence-corrected chi connectivity index (χ1v) is 5.95. The Labute approximate surface area is 91.2 Å². The maximum absolute atomic E-state index is 9.02. The summed E-state index contributed by atoms with van der Waals surface area (Å²) < 4.78 is 11.0. The van der Waals surface area contributed by atoms with Crippen molar-refractivity contribution in [3.8, 4) is 0 Å². The monoisotopic (exact) mass is 215 g/mol. The van der Waals surface area contributed by atoms with Gasteiger partial charge in [0, 0.05) is 26.1 Å². The van der Waals surface area contributed by atoms with Crippen LogP contribution in [0, 0.1) is 5.92 Å². The van der Waals surface area contributed by atoms with Crippen LogP contribution in [-0.2, 0) is 9.47 Å². The Morgan fingerprint density at radius 2 is 2.07 bits per heavy atom. The summed E-state index contributed by atoms with van der Waals surface area (Å²) in [5.41, 5.74) is 0. The highest BCUT2D eigenvalue weighted by molar-refractivity contribution is 4.75. The van der Waals surface area contributed by atoms with Gasteiger partial charge in [0.25, 0.3) is 0 Å². The molecule has 1 N–H and O–H groups in total. The van der Waals surface area contributed by atoms with Gasteiger partial charge in [-0.3, -0.25) is 0 Å². The lowest BCUT2D eigenvalue weighted by atomic mass is 10.1. The van der Waals surface area contributed by atoms with Crippen LogP contribution in [0.1, 0.15) is 19.3 Å². The van der Waals surface area contributed by atoms with Crippen molar-refractivity contribution >= 4 is 0 Å². The summed E-state index contributed by atoms with van der Waals surface area (Å²) in [6.45, 7) is 5.17. The molecule has 1 atom stereocenters. The maximum atomic E-state index is 9.02. The van der Waals surface area contributed by atoms with Gasteiger partial charge in [-0.15, -0.1) is 0 Å². The molecule has 2 saturated heterocycles. The highest BCUT2D eigenvalue weighted by Crippen LogP contribution is 2.17. The molecule has 0 aromatic rings. The highest BCUT2D eigenvalue weighted by atomic mass is 16.7. The zero-order chi connectivity index (χ0) is 10.5. The zero-order valence-electron chi connectivity index (χ0n) is 9.23. The van der Waals surface area contributed by atoms with Crippen molar-refractivity contribution in [2.45, 2.75) is 25.6 Å². The van der Waals surface area contributed by atoms with Crippen LogP contribution in [0.15, 0.2) is 0 Å². The van der Waals surface area contributed by atoms with Gasteiger partial charge in [0.2, 0.25) is 0 Å². The van der Waals surface area contributed by atoms with E-state index in [-0.39, 0.29) is 6.29 Å². The summed E-state index contributed by atoms with van der Waals surface area (Å²) in [6.07, 6.45) is 3.11. The SMILES string of the molecule is OCC1CCN(CCC2OCCCO2)C1. The standard InChI is InChI=1S/C11H21NO3/c13-9-10-2-4-12(8-10)5-3-11-14-6-1-7-15-11/h10-11,13H,1-9H2. The van der Waals surface area contributed by atoms with Gasteiger partial charge in [0.15, 0.2) is 6.29 Å². The first kappa shape index (κ1) is 11.3. The molecular formula is C11H21NO3. The van der Waals surface area contributed by atoms with E-state index in [2.05, 4.69) is 4.90 Å². The molecule has 0 amide bonds. The van der Waals surface area contributed by atoms with E-state index < -0.39 is 0 Å². The molecular weight excluding hydrogens is 194 g/mol. The van der Waals surface area contributed by atoms with Crippen molar-refractivity contribution in [2.24, 2.45) is 5.92 Å². The van der Waals surface area contributed by atoms with Crippen LogP contribution in [0.2, 0.25) is 0 Å². The third-order valence-electron chi connectivity index (χ3n) is 3.21. The van der Waals surface area contributed by atoms with Crippen molar-refractivity contribution in [1.82, 2.24) is 4.90 Å². The predicted octanol–water partition coefficient (Wildman–Crippen LogP) is 0.454. The largest absolute Gasteiger partial charge is 0.396 e. The van der Waals surface area contributed by atoms with Gasteiger partial charge >= 0.3 is 0 Å². The molecule has 2 aliphatic heterocycles. The Morgan fingerprint density at radius 1 is 1.27 bits per heavy atom. The Balaban J connectivity index is 1.61. The van der Waals surface area contributed by atoms with Gasteiger partial charge in [-0.1, -0.05) is 0 Å². The topological polar surface area (TPSA) is 41.9 Å². The molecule has 0 aromatic heterocycles. The van der Waals surface area contributed by atoms with E-state index in [1.165, 1.54) is 0 Å². The van der Waals surface area contributed by atoms with Crippen LogP contribution >= 0.6 is 0 Å². The average molecular weight is 215 g/mol. The smallest absolute Gasteiger partial charge is 0.158 e. The number of aliphatic hydroxyl groups is 1. The first-order valence-electron chi connectivity index (χ1n) is 5.95. The number of rotatable bonds is 4. The molecule has 0 radical (unpaired) electrons. The quantitative estimate of drug-likeness (QED) is 0.739. The molecule has 2 fully saturated rings. The predicted molar refractivity (Wildman–Crippen MR) is 56.6 cm³/mol. The second kappa shape index (κ2) is 5.80. The summed E-state index contributed by atoms with van der Waals surface area (Å²) >= 11 is 0. The molecule has 15 heavy (non-hydrogen) atoms. The molecule has 4 heteroatoms. The second-order valence-electron chi connectivity index (χ2n) is 4.45. The molecule has 88 valence electrons. The molecule has 0 bridgehead atoms. The Morgan fingerprint density at radius 3 is 2.73 bits per heavy atom. The molecule has 4 nitrogen and oxygen atoms in total. The minimum atomic E-state index is 0.00641. The molecule has 2 aliphatic rings. The van der Waals surface area contributed by atoms with Crippen LogP contribution in [-0.4, -0.2) is 55.8 Å². The van der Waals surface area contributed by atoms with Crippen molar-refractivity contribution < 1.29 is 14.6 Å². The second-order valence-corrected chi connectivity index (χ2v) is 4.45. The van der Waals surface area contributed by atoms with Gasteiger partial charge in [0.05, 0.1) is 13.2 Å². The third kappa shape index (κ3) is 3.41. The summed E-state index contributed by atoms with van der Waals surface area (Å²) in [6, 6.07) is 0. The van der Waals surface area contributed by atoms with Crippen molar-refractivity contribution in [3.05, 3.63) is 0 Å². The number of likely N-dealkylation sites (tertiary alicyclic amines) is 1. The first-order chi connectivity index (χ1) is 7.38. The van der Waals surface area contributed by atoms with Gasteiger partial charge < -0.3 is 19.5 Å². The molecule has 0 spiro atoms. The molecule has 0 saturated carbocycles. The minimum absolute atomic E-state index is 0.00641. The van der Waals surface area contributed by atoms with Crippen LogP contribution in [0.5, 0.6) is 0 Å². The number of hydrogen-bond acceptors (Lipinski definition) is 4. The zero-order valence-corrected chi connectivity index (χ0v) is 9.23. The van der Waals surface area contributed by atoms with E-state index in [9.17, 15) is 0 Å². The van der Waals surface area contributed by atoms with Crippen molar-refractivity contribution in [3.63, 3.8) is 0 Å². The average Bonchev–Trinajstić information content (AvgIpc) is 2.76. The van der Waals surface area contributed by atoms with Gasteiger partial charge in [-0.2, -0.15) is 0 Å². The minimum Gasteiger partial charge on any atom is -0.396 e. The molecule has 0 aromatic carbocycles. The lowest BCUT2D eigenvalue weighted by Gasteiger charge is -2.25. The van der Waals surface area contributed by atoms with E-state index >= 15 is 0 Å². The lowest BCUT2D eigenvalue weighted by Crippen LogP contribution is -2.31. The molecule has 1 unspecified atom stereocenters. The summed E-state index contributed by atoms with van der Waals surface area (Å²) in [7, 11) is 0. The number of ether oxygens (including phenoxy) is 2. The van der Waals surface area contributed by atoms with Gasteiger partial charge in [-0.25, -0.2) is 0 Å². The van der Waals surface area contributed by atoms with E-state index in [1.807, 2.05) is 0 Å². The van der Waals surface area contributed by atoms with E-state index in [1.54, 1.807) is 0 Å². The third-order valence-corrected chi connectivity index (χ3v) is 3.21. The number of hydrogen-bond donors (Lipinski definition) is 1. The Bertz CT molecular complexity index is 183. The fraction of sp³-hybridized carbons (Fsp3) is 1.00. The highest BCUT2D eigenvalue weighted by Gasteiger charge is 2.23. The van der Waals surface area contributed by atoms with Crippen molar-refractivity contribution in [1.29, 1.82) is 0 Å². The van der Waals surface area contributed by atoms with Gasteiger partial charge in [-0.05, 0) is 25.3 Å². The summed E-state index contributed by atoms with van der Waals surface area (Å²) in [5.74, 6) is 0.484. The van der Waals surface area contributed by atoms with E-state index in [4.69, 9.17) is 14.6 Å².